The quantitative estimate of drug-likeness (QED) is 0.619. The van der Waals surface area contributed by atoms with Crippen molar-refractivity contribution < 1.29 is 8.42 Å². The highest BCUT2D eigenvalue weighted by molar-refractivity contribution is 7.89. The Morgan fingerprint density at radius 1 is 1.29 bits per heavy atom. The summed E-state index contributed by atoms with van der Waals surface area (Å²) in [6, 6.07) is 6.81. The third-order valence-electron chi connectivity index (χ3n) is 3.23. The molecule has 3 nitrogen and oxygen atoms in total. The lowest BCUT2D eigenvalue weighted by atomic mass is 10.2. The normalized spacial score (nSPS) is 13.7. The number of hydrogen-bond donors (Lipinski definition) is 0. The fourth-order valence-corrected chi connectivity index (χ4v) is 3.37. The highest BCUT2D eigenvalue weighted by Crippen LogP contribution is 2.26. The second-order valence-electron chi connectivity index (χ2n) is 5.30. The Morgan fingerprint density at radius 2 is 1.90 bits per heavy atom. The van der Waals surface area contributed by atoms with E-state index in [1.54, 1.807) is 24.3 Å². The monoisotopic (exact) mass is 301 g/mol. The van der Waals surface area contributed by atoms with Crippen molar-refractivity contribution in [3.05, 3.63) is 46.7 Å². The smallest absolute Gasteiger partial charge is 0.207 e. The van der Waals surface area contributed by atoms with Crippen LogP contribution in [0.15, 0.2) is 46.0 Å². The predicted octanol–water partition coefficient (Wildman–Crippen LogP) is 2.88. The summed E-state index contributed by atoms with van der Waals surface area (Å²) in [7, 11) is -3.57. The molecule has 0 atom stereocenters. The summed E-state index contributed by atoms with van der Waals surface area (Å²) < 4.78 is 26.6. The fraction of sp³-hybridized carbons (Fsp3) is 0.353. The van der Waals surface area contributed by atoms with Gasteiger partial charge in [-0.05, 0) is 50.0 Å². The molecule has 1 aliphatic rings. The Morgan fingerprint density at radius 3 is 2.43 bits per heavy atom. The number of nitrogens with zero attached hydrogens (tertiary/aromatic N) is 1. The lowest BCUT2D eigenvalue weighted by molar-refractivity contribution is 0.471. The Balaban J connectivity index is 2.30. The van der Waals surface area contributed by atoms with Crippen molar-refractivity contribution in [2.24, 2.45) is 0 Å². The maximum atomic E-state index is 12.7. The van der Waals surface area contributed by atoms with Crippen LogP contribution in [0.25, 0.3) is 0 Å². The van der Waals surface area contributed by atoms with Crippen molar-refractivity contribution in [1.82, 2.24) is 4.31 Å². The highest BCUT2D eigenvalue weighted by Gasteiger charge is 2.24. The summed E-state index contributed by atoms with van der Waals surface area (Å²) in [5, 5.41) is 0. The Kier molecular flexibility index (Phi) is 4.69. The summed E-state index contributed by atoms with van der Waals surface area (Å²) in [6.45, 7) is 4.15. The van der Waals surface area contributed by atoms with Gasteiger partial charge in [0, 0.05) is 6.54 Å². The minimum Gasteiger partial charge on any atom is -0.207 e. The van der Waals surface area contributed by atoms with Crippen molar-refractivity contribution in [3.63, 3.8) is 0 Å². The molecule has 0 heterocycles. The first-order valence-electron chi connectivity index (χ1n) is 6.88. The molecule has 1 saturated carbocycles. The zero-order valence-electron chi connectivity index (χ0n) is 12.4. The standard InChI is InChI=1S/C17H19NO2S/c1-4-11-18(13-15(3)12-16-7-8-16)21(19,20)17-9-5-14(2)6-10-17/h1,5-6,9-10H,7-8,11,13H2,2-3H3. The summed E-state index contributed by atoms with van der Waals surface area (Å²) in [6.07, 6.45) is 7.46. The molecule has 0 bridgehead atoms. The molecule has 0 saturated heterocycles. The molecule has 0 N–H and O–H groups in total. The summed E-state index contributed by atoms with van der Waals surface area (Å²) in [5.41, 5.74) is 6.40. The summed E-state index contributed by atoms with van der Waals surface area (Å²) in [4.78, 5) is 0.273. The van der Waals surface area contributed by atoms with Crippen LogP contribution in [0.3, 0.4) is 0 Å². The number of rotatable bonds is 5. The molecular weight excluding hydrogens is 282 g/mol. The minimum atomic E-state index is -3.57. The number of aryl methyl sites for hydroxylation is 1. The van der Waals surface area contributed by atoms with Gasteiger partial charge in [-0.25, -0.2) is 8.42 Å². The van der Waals surface area contributed by atoms with Crippen molar-refractivity contribution in [2.45, 2.75) is 31.6 Å². The molecular formula is C17H19NO2S. The van der Waals surface area contributed by atoms with Gasteiger partial charge in [0.25, 0.3) is 0 Å². The van der Waals surface area contributed by atoms with Gasteiger partial charge in [-0.1, -0.05) is 23.6 Å². The average molecular weight is 301 g/mol. The summed E-state index contributed by atoms with van der Waals surface area (Å²) in [5.74, 6) is 2.43. The number of terminal acetylenes is 1. The number of hydrogen-bond acceptors (Lipinski definition) is 2. The van der Waals surface area contributed by atoms with E-state index in [-0.39, 0.29) is 18.0 Å². The molecule has 1 aromatic carbocycles. The Labute approximate surface area is 127 Å². The van der Waals surface area contributed by atoms with Gasteiger partial charge in [-0.15, -0.1) is 12.2 Å². The molecule has 1 fully saturated rings. The van der Waals surface area contributed by atoms with Crippen molar-refractivity contribution in [2.75, 3.05) is 13.1 Å². The van der Waals surface area contributed by atoms with Crippen LogP contribution >= 0.6 is 0 Å². The van der Waals surface area contributed by atoms with E-state index < -0.39 is 10.0 Å². The van der Waals surface area contributed by atoms with E-state index in [1.165, 1.54) is 9.88 Å². The van der Waals surface area contributed by atoms with E-state index in [1.807, 2.05) is 13.8 Å². The van der Waals surface area contributed by atoms with Crippen LogP contribution in [-0.4, -0.2) is 25.8 Å². The largest absolute Gasteiger partial charge is 0.244 e. The average Bonchev–Trinajstić information content (AvgIpc) is 3.22. The maximum Gasteiger partial charge on any atom is 0.244 e. The third kappa shape index (κ3) is 4.09. The molecule has 0 radical (unpaired) electrons. The van der Waals surface area contributed by atoms with E-state index in [0.29, 0.717) is 0 Å². The van der Waals surface area contributed by atoms with Crippen molar-refractivity contribution in [1.29, 1.82) is 0 Å². The number of benzene rings is 1. The fourth-order valence-electron chi connectivity index (χ4n) is 1.98. The molecule has 0 spiro atoms. The zero-order chi connectivity index (χ0) is 15.5. The van der Waals surface area contributed by atoms with Crippen LogP contribution in [0.4, 0.5) is 0 Å². The van der Waals surface area contributed by atoms with E-state index in [2.05, 4.69) is 11.7 Å². The van der Waals surface area contributed by atoms with Gasteiger partial charge >= 0.3 is 0 Å². The highest BCUT2D eigenvalue weighted by atomic mass is 32.2. The van der Waals surface area contributed by atoms with E-state index in [0.717, 1.165) is 24.0 Å². The molecule has 110 valence electrons. The molecule has 0 amide bonds. The van der Waals surface area contributed by atoms with Crippen LogP contribution < -0.4 is 0 Å². The molecule has 0 aromatic heterocycles. The van der Waals surface area contributed by atoms with Crippen LogP contribution in [-0.2, 0) is 10.0 Å². The molecule has 1 aliphatic carbocycles. The first-order valence-corrected chi connectivity index (χ1v) is 8.32. The predicted molar refractivity (Wildman–Crippen MR) is 84.2 cm³/mol. The molecule has 0 unspecified atom stereocenters. The lowest BCUT2D eigenvalue weighted by Crippen LogP contribution is -2.32. The van der Waals surface area contributed by atoms with Gasteiger partial charge in [-0.2, -0.15) is 4.31 Å². The zero-order valence-corrected chi connectivity index (χ0v) is 13.2. The van der Waals surface area contributed by atoms with Gasteiger partial charge in [0.1, 0.15) is 0 Å². The van der Waals surface area contributed by atoms with Crippen molar-refractivity contribution in [3.8, 4) is 12.3 Å². The maximum absolute atomic E-state index is 12.7. The topological polar surface area (TPSA) is 37.4 Å². The lowest BCUT2D eigenvalue weighted by Gasteiger charge is -2.19. The van der Waals surface area contributed by atoms with Gasteiger partial charge in [0.2, 0.25) is 10.0 Å². The number of sulfonamides is 1. The molecule has 2 rings (SSSR count). The summed E-state index contributed by atoms with van der Waals surface area (Å²) >= 11 is 0. The van der Waals surface area contributed by atoms with Crippen LogP contribution in [0.5, 0.6) is 0 Å². The molecule has 1 aromatic rings. The minimum absolute atomic E-state index is 0.0601. The van der Waals surface area contributed by atoms with Gasteiger partial charge < -0.3 is 0 Å². The second-order valence-corrected chi connectivity index (χ2v) is 7.24. The van der Waals surface area contributed by atoms with E-state index >= 15 is 0 Å². The van der Waals surface area contributed by atoms with Gasteiger partial charge in [0.15, 0.2) is 0 Å². The van der Waals surface area contributed by atoms with Crippen molar-refractivity contribution >= 4 is 10.0 Å². The Bertz CT molecular complexity index is 724. The molecule has 4 heteroatoms. The van der Waals surface area contributed by atoms with Crippen LogP contribution in [0, 0.1) is 19.3 Å². The molecule has 0 aliphatic heterocycles. The first-order chi connectivity index (χ1) is 9.93. The van der Waals surface area contributed by atoms with Crippen LogP contribution in [0.1, 0.15) is 25.3 Å². The SMILES string of the molecule is C#CCN(CC(C)=C=C1CC1)S(=O)(=O)c1ccc(C)cc1. The second kappa shape index (κ2) is 6.32. The first kappa shape index (κ1) is 15.6. The van der Waals surface area contributed by atoms with Gasteiger partial charge in [0.05, 0.1) is 11.4 Å². The third-order valence-corrected chi connectivity index (χ3v) is 5.04. The van der Waals surface area contributed by atoms with Crippen LogP contribution in [0.2, 0.25) is 0 Å². The Hall–Kier alpha value is -1.79. The van der Waals surface area contributed by atoms with Gasteiger partial charge in [-0.3, -0.25) is 0 Å². The molecule has 21 heavy (non-hydrogen) atoms. The van der Waals surface area contributed by atoms with E-state index in [4.69, 9.17) is 6.42 Å². The van der Waals surface area contributed by atoms with E-state index in [9.17, 15) is 8.42 Å².